The van der Waals surface area contributed by atoms with Gasteiger partial charge in [0.2, 0.25) is 0 Å². The first-order chi connectivity index (χ1) is 14.5. The van der Waals surface area contributed by atoms with Gasteiger partial charge >= 0.3 is 0 Å². The van der Waals surface area contributed by atoms with Gasteiger partial charge in [-0.05, 0) is 70.4 Å². The van der Waals surface area contributed by atoms with E-state index in [0.717, 1.165) is 50.9 Å². The number of nitrogens with zero attached hydrogens (tertiary/aromatic N) is 1. The van der Waals surface area contributed by atoms with Crippen molar-refractivity contribution in [2.75, 3.05) is 26.7 Å². The number of aryl methyl sites for hydroxylation is 1. The van der Waals surface area contributed by atoms with Gasteiger partial charge in [-0.2, -0.15) is 0 Å². The predicted molar refractivity (Wildman–Crippen MR) is 118 cm³/mol. The molecule has 5 heteroatoms. The number of ether oxygens (including phenoxy) is 1. The molecule has 2 aromatic rings. The van der Waals surface area contributed by atoms with Crippen molar-refractivity contribution in [3.63, 3.8) is 0 Å². The summed E-state index contributed by atoms with van der Waals surface area (Å²) in [5, 5.41) is 9.91. The van der Waals surface area contributed by atoms with Crippen LogP contribution in [-0.2, 0) is 0 Å². The van der Waals surface area contributed by atoms with Crippen LogP contribution in [0.3, 0.4) is 0 Å². The van der Waals surface area contributed by atoms with Gasteiger partial charge in [0.15, 0.2) is 11.6 Å². The van der Waals surface area contributed by atoms with Gasteiger partial charge in [0.1, 0.15) is 11.5 Å². The molecular weight excluding hydrogens is 378 g/mol. The minimum atomic E-state index is -0.0613. The number of benzene rings is 2. The molecule has 0 atom stereocenters. The smallest absolute Gasteiger partial charge is 0.166 e. The lowest BCUT2D eigenvalue weighted by Crippen LogP contribution is -2.37. The Labute approximate surface area is 178 Å². The Morgan fingerprint density at radius 1 is 1.07 bits per heavy atom. The number of ketones is 2. The maximum Gasteiger partial charge on any atom is 0.166 e. The Morgan fingerprint density at radius 2 is 1.77 bits per heavy atom. The highest BCUT2D eigenvalue weighted by atomic mass is 16.5. The molecule has 5 nitrogen and oxygen atoms in total. The number of Topliss-reactive ketones (excluding diaryl/α,β-unsaturated/α-hetero) is 2. The number of aromatic hydroxyl groups is 1. The van der Waals surface area contributed by atoms with E-state index in [0.29, 0.717) is 17.7 Å². The van der Waals surface area contributed by atoms with Crippen molar-refractivity contribution in [1.82, 2.24) is 4.90 Å². The molecule has 30 heavy (non-hydrogen) atoms. The molecule has 0 aliphatic carbocycles. The number of phenolic OH excluding ortho intramolecular Hbond substituents is 1. The van der Waals surface area contributed by atoms with Crippen LogP contribution >= 0.6 is 0 Å². The van der Waals surface area contributed by atoms with E-state index in [1.807, 2.05) is 31.2 Å². The Kier molecular flexibility index (Phi) is 7.63. The molecule has 1 heterocycles. The highest BCUT2D eigenvalue weighted by Crippen LogP contribution is 2.25. The fourth-order valence-electron chi connectivity index (χ4n) is 3.99. The van der Waals surface area contributed by atoms with Gasteiger partial charge in [-0.15, -0.1) is 0 Å². The van der Waals surface area contributed by atoms with E-state index < -0.39 is 0 Å². The Balaban J connectivity index is 1.38. The highest BCUT2D eigenvalue weighted by Gasteiger charge is 2.25. The molecule has 2 aromatic carbocycles. The van der Waals surface area contributed by atoms with Crippen LogP contribution in [0.2, 0.25) is 0 Å². The van der Waals surface area contributed by atoms with Crippen LogP contribution in [0.25, 0.3) is 0 Å². The van der Waals surface area contributed by atoms with Crippen molar-refractivity contribution >= 4 is 11.6 Å². The lowest BCUT2D eigenvalue weighted by molar-refractivity contribution is 0.0836. The Morgan fingerprint density at radius 3 is 2.43 bits per heavy atom. The minimum absolute atomic E-state index is 0.00103. The molecule has 3 rings (SSSR count). The predicted octanol–water partition coefficient (Wildman–Crippen LogP) is 4.66. The van der Waals surface area contributed by atoms with Gasteiger partial charge in [-0.1, -0.05) is 29.8 Å². The molecule has 0 aromatic heterocycles. The summed E-state index contributed by atoms with van der Waals surface area (Å²) in [6.45, 7) is 4.81. The summed E-state index contributed by atoms with van der Waals surface area (Å²) < 4.78 is 5.13. The molecule has 1 fully saturated rings. The van der Waals surface area contributed by atoms with Gasteiger partial charge < -0.3 is 14.7 Å². The van der Waals surface area contributed by atoms with E-state index in [1.54, 1.807) is 12.1 Å². The largest absolute Gasteiger partial charge is 0.507 e. The average molecular weight is 410 g/mol. The third kappa shape index (κ3) is 5.70. The second kappa shape index (κ2) is 10.4. The number of likely N-dealkylation sites (tertiary alicyclic amines) is 1. The van der Waals surface area contributed by atoms with E-state index in [4.69, 9.17) is 4.74 Å². The molecule has 1 N–H and O–H groups in total. The minimum Gasteiger partial charge on any atom is -0.507 e. The van der Waals surface area contributed by atoms with Gasteiger partial charge in [-0.25, -0.2) is 0 Å². The number of methoxy groups -OCH3 is 1. The van der Waals surface area contributed by atoms with E-state index in [2.05, 4.69) is 4.90 Å². The van der Waals surface area contributed by atoms with Crippen LogP contribution < -0.4 is 4.74 Å². The zero-order valence-electron chi connectivity index (χ0n) is 17.9. The van der Waals surface area contributed by atoms with E-state index in [1.165, 1.54) is 18.7 Å². The van der Waals surface area contributed by atoms with Crippen LogP contribution in [0.1, 0.15) is 58.4 Å². The highest BCUT2D eigenvalue weighted by molar-refractivity contribution is 5.99. The first-order valence-corrected chi connectivity index (χ1v) is 10.7. The SMILES string of the molecule is COc1ccc(O)c(C(=O)CCCCN2CCC(C(=O)c3ccc(C)cc3)CC2)c1. The quantitative estimate of drug-likeness (QED) is 0.482. The first-order valence-electron chi connectivity index (χ1n) is 10.7. The average Bonchev–Trinajstić information content (AvgIpc) is 2.77. The fourth-order valence-corrected chi connectivity index (χ4v) is 3.99. The second-order valence-electron chi connectivity index (χ2n) is 8.11. The number of hydrogen-bond donors (Lipinski definition) is 1. The lowest BCUT2D eigenvalue weighted by Gasteiger charge is -2.31. The summed E-state index contributed by atoms with van der Waals surface area (Å²) >= 11 is 0. The van der Waals surface area contributed by atoms with Crippen molar-refractivity contribution in [2.45, 2.75) is 39.0 Å². The number of unbranched alkanes of at least 4 members (excludes halogenated alkanes) is 1. The summed E-state index contributed by atoms with van der Waals surface area (Å²) in [6, 6.07) is 12.6. The lowest BCUT2D eigenvalue weighted by atomic mass is 9.88. The number of piperidine rings is 1. The standard InChI is InChI=1S/C25H31NO4/c1-18-6-8-19(9-7-18)25(29)20-12-15-26(16-13-20)14-4-3-5-23(27)22-17-21(30-2)10-11-24(22)28/h6-11,17,20,28H,3-5,12-16H2,1-2H3. The molecule has 0 bridgehead atoms. The molecule has 1 saturated heterocycles. The number of rotatable bonds is 9. The number of carbonyl (C=O) groups excluding carboxylic acids is 2. The molecule has 1 aliphatic rings. The Bertz CT molecular complexity index is 867. The zero-order chi connectivity index (χ0) is 21.5. The molecule has 0 amide bonds. The molecule has 0 saturated carbocycles. The third-order valence-corrected chi connectivity index (χ3v) is 5.93. The van der Waals surface area contributed by atoms with Crippen molar-refractivity contribution < 1.29 is 19.4 Å². The number of phenols is 1. The third-order valence-electron chi connectivity index (χ3n) is 5.93. The summed E-state index contributed by atoms with van der Waals surface area (Å²) in [5.41, 5.74) is 2.31. The van der Waals surface area contributed by atoms with Gasteiger partial charge in [0, 0.05) is 17.9 Å². The number of hydrogen-bond acceptors (Lipinski definition) is 5. The molecule has 0 spiro atoms. The second-order valence-corrected chi connectivity index (χ2v) is 8.11. The van der Waals surface area contributed by atoms with Gasteiger partial charge in [-0.3, -0.25) is 9.59 Å². The van der Waals surface area contributed by atoms with Crippen LogP contribution in [0.15, 0.2) is 42.5 Å². The fraction of sp³-hybridized carbons (Fsp3) is 0.440. The van der Waals surface area contributed by atoms with Crippen LogP contribution in [-0.4, -0.2) is 48.3 Å². The normalized spacial score (nSPS) is 15.1. The van der Waals surface area contributed by atoms with Crippen molar-refractivity contribution in [3.05, 3.63) is 59.2 Å². The molecule has 160 valence electrons. The summed E-state index contributed by atoms with van der Waals surface area (Å²) in [6.07, 6.45) is 3.89. The number of carbonyl (C=O) groups is 2. The zero-order valence-corrected chi connectivity index (χ0v) is 17.9. The molecular formula is C25H31NO4. The van der Waals surface area contributed by atoms with E-state index >= 15 is 0 Å². The van der Waals surface area contributed by atoms with Crippen molar-refractivity contribution in [3.8, 4) is 11.5 Å². The van der Waals surface area contributed by atoms with Crippen LogP contribution in [0.5, 0.6) is 11.5 Å². The first kappa shape index (κ1) is 22.0. The van der Waals surface area contributed by atoms with Gasteiger partial charge in [0.25, 0.3) is 0 Å². The monoisotopic (exact) mass is 409 g/mol. The Hall–Kier alpha value is -2.66. The molecule has 0 radical (unpaired) electrons. The topological polar surface area (TPSA) is 66.8 Å². The van der Waals surface area contributed by atoms with Gasteiger partial charge in [0.05, 0.1) is 12.7 Å². The van der Waals surface area contributed by atoms with E-state index in [-0.39, 0.29) is 23.2 Å². The maximum absolute atomic E-state index is 12.7. The summed E-state index contributed by atoms with van der Waals surface area (Å²) in [7, 11) is 1.54. The van der Waals surface area contributed by atoms with Crippen molar-refractivity contribution in [2.24, 2.45) is 5.92 Å². The van der Waals surface area contributed by atoms with E-state index in [9.17, 15) is 14.7 Å². The summed E-state index contributed by atoms with van der Waals surface area (Å²) in [5.74, 6) is 0.883. The van der Waals surface area contributed by atoms with Crippen LogP contribution in [0, 0.1) is 12.8 Å². The van der Waals surface area contributed by atoms with Crippen molar-refractivity contribution in [1.29, 1.82) is 0 Å². The maximum atomic E-state index is 12.7. The van der Waals surface area contributed by atoms with Crippen LogP contribution in [0.4, 0.5) is 0 Å². The molecule has 1 aliphatic heterocycles. The molecule has 0 unspecified atom stereocenters. The summed E-state index contributed by atoms with van der Waals surface area (Å²) in [4.78, 5) is 27.4.